The van der Waals surface area contributed by atoms with Crippen LogP contribution in [0.2, 0.25) is 0 Å². The molecule has 4 rings (SSSR count). The normalized spacial score (nSPS) is 12.7. The molecule has 0 saturated carbocycles. The van der Waals surface area contributed by atoms with Gasteiger partial charge in [-0.15, -0.1) is 0 Å². The Labute approximate surface area is 202 Å². The van der Waals surface area contributed by atoms with Crippen LogP contribution in [-0.2, 0) is 14.8 Å². The minimum Gasteiger partial charge on any atom is -0.507 e. The van der Waals surface area contributed by atoms with E-state index in [-0.39, 0.29) is 28.0 Å². The second-order valence-corrected chi connectivity index (χ2v) is 10.1. The van der Waals surface area contributed by atoms with Crippen molar-refractivity contribution in [3.63, 3.8) is 0 Å². The number of para-hydroxylation sites is 1. The third kappa shape index (κ3) is 4.91. The van der Waals surface area contributed by atoms with Crippen molar-refractivity contribution < 1.29 is 27.5 Å². The molecule has 8 nitrogen and oxygen atoms in total. The van der Waals surface area contributed by atoms with Gasteiger partial charge in [-0.3, -0.25) is 4.79 Å². The number of rotatable bonds is 7. The highest BCUT2D eigenvalue weighted by Gasteiger charge is 2.27. The summed E-state index contributed by atoms with van der Waals surface area (Å²) in [6.07, 6.45) is 0.710. The van der Waals surface area contributed by atoms with E-state index in [0.29, 0.717) is 17.4 Å². The Hall–Kier alpha value is -3.69. The van der Waals surface area contributed by atoms with Crippen LogP contribution in [0.1, 0.15) is 30.9 Å². The molecule has 1 atom stereocenters. The molecule has 9 heteroatoms. The molecular weight excluding hydrogens is 470 g/mol. The molecule has 0 aliphatic rings. The van der Waals surface area contributed by atoms with Crippen LogP contribution < -0.4 is 14.9 Å². The Morgan fingerprint density at radius 3 is 2.51 bits per heavy atom. The third-order valence-electron chi connectivity index (χ3n) is 5.66. The Bertz CT molecular complexity index is 1590. The van der Waals surface area contributed by atoms with Crippen LogP contribution in [0.3, 0.4) is 0 Å². The first-order valence-corrected chi connectivity index (χ1v) is 12.6. The van der Waals surface area contributed by atoms with Crippen LogP contribution in [0.15, 0.2) is 68.7 Å². The van der Waals surface area contributed by atoms with E-state index in [2.05, 4.69) is 4.72 Å². The third-order valence-corrected chi connectivity index (χ3v) is 7.15. The standard InChI is InChI=1S/C26H25NO7S/c1-4-6-20(27-35(31,32)18-11-9-15(2)10-12-18)26(30)33-17-13-21(28)23-22(14-17)34-25-16(3)7-5-8-19(25)24(23)29/h5,7-14,20,27-28H,4,6H2,1-3H3/t20-/m1/s1. The van der Waals surface area contributed by atoms with Gasteiger partial charge in [0.2, 0.25) is 15.5 Å². The van der Waals surface area contributed by atoms with Crippen molar-refractivity contribution >= 4 is 37.9 Å². The van der Waals surface area contributed by atoms with E-state index in [1.165, 1.54) is 18.2 Å². The second kappa shape index (κ2) is 9.52. The van der Waals surface area contributed by atoms with Gasteiger partial charge in [0.25, 0.3) is 0 Å². The van der Waals surface area contributed by atoms with Crippen molar-refractivity contribution in [1.29, 1.82) is 0 Å². The summed E-state index contributed by atoms with van der Waals surface area (Å²) in [7, 11) is -3.97. The first-order chi connectivity index (χ1) is 16.6. The molecule has 0 saturated heterocycles. The maximum Gasteiger partial charge on any atom is 0.329 e. The van der Waals surface area contributed by atoms with Gasteiger partial charge in [0.05, 0.1) is 10.3 Å². The number of phenols is 1. The number of ether oxygens (including phenoxy) is 1. The van der Waals surface area contributed by atoms with Gasteiger partial charge in [-0.25, -0.2) is 13.2 Å². The molecule has 3 aromatic carbocycles. The molecule has 1 heterocycles. The number of carbonyl (C=O) groups excluding carboxylic acids is 1. The summed E-state index contributed by atoms with van der Waals surface area (Å²) < 4.78 is 39.3. The molecule has 2 N–H and O–H groups in total. The molecule has 182 valence electrons. The fourth-order valence-electron chi connectivity index (χ4n) is 3.83. The highest BCUT2D eigenvalue weighted by molar-refractivity contribution is 7.89. The summed E-state index contributed by atoms with van der Waals surface area (Å²) in [6.45, 7) is 5.44. The van der Waals surface area contributed by atoms with E-state index in [4.69, 9.17) is 9.15 Å². The largest absolute Gasteiger partial charge is 0.507 e. The number of aryl methyl sites for hydroxylation is 2. The smallest absolute Gasteiger partial charge is 0.329 e. The molecule has 0 aliphatic carbocycles. The lowest BCUT2D eigenvalue weighted by atomic mass is 10.1. The summed E-state index contributed by atoms with van der Waals surface area (Å²) in [5.41, 5.74) is 1.64. The number of aromatic hydroxyl groups is 1. The summed E-state index contributed by atoms with van der Waals surface area (Å²) >= 11 is 0. The lowest BCUT2D eigenvalue weighted by molar-refractivity contribution is -0.136. The van der Waals surface area contributed by atoms with Gasteiger partial charge in [0.1, 0.15) is 34.1 Å². The highest BCUT2D eigenvalue weighted by Crippen LogP contribution is 2.31. The maximum absolute atomic E-state index is 12.9. The molecule has 0 unspecified atom stereocenters. The van der Waals surface area contributed by atoms with Crippen molar-refractivity contribution in [2.24, 2.45) is 0 Å². The van der Waals surface area contributed by atoms with E-state index in [9.17, 15) is 23.1 Å². The number of esters is 1. The Morgan fingerprint density at radius 2 is 1.83 bits per heavy atom. The average Bonchev–Trinajstić information content (AvgIpc) is 2.79. The molecular formula is C26H25NO7S. The fraction of sp³-hybridized carbons (Fsp3) is 0.231. The summed E-state index contributed by atoms with van der Waals surface area (Å²) in [4.78, 5) is 25.9. The number of phenolic OH excluding ortho intramolecular Hbond substituents is 1. The molecule has 0 aliphatic heterocycles. The monoisotopic (exact) mass is 495 g/mol. The number of sulfonamides is 1. The first-order valence-electron chi connectivity index (χ1n) is 11.1. The van der Waals surface area contributed by atoms with E-state index in [1.807, 2.05) is 13.8 Å². The van der Waals surface area contributed by atoms with Crippen LogP contribution in [0.25, 0.3) is 21.9 Å². The van der Waals surface area contributed by atoms with Gasteiger partial charge in [-0.2, -0.15) is 4.72 Å². The predicted molar refractivity (Wildman–Crippen MR) is 132 cm³/mol. The number of fused-ring (bicyclic) bond motifs is 2. The topological polar surface area (TPSA) is 123 Å². The molecule has 0 bridgehead atoms. The van der Waals surface area contributed by atoms with E-state index < -0.39 is 33.2 Å². The molecule has 0 amide bonds. The van der Waals surface area contributed by atoms with Crippen molar-refractivity contribution in [3.05, 3.63) is 75.9 Å². The number of benzene rings is 3. The van der Waals surface area contributed by atoms with E-state index in [1.54, 1.807) is 37.3 Å². The van der Waals surface area contributed by atoms with Crippen LogP contribution in [0, 0.1) is 13.8 Å². The van der Waals surface area contributed by atoms with Crippen molar-refractivity contribution in [2.45, 2.75) is 44.6 Å². The Balaban J connectivity index is 1.66. The molecule has 0 radical (unpaired) electrons. The molecule has 35 heavy (non-hydrogen) atoms. The van der Waals surface area contributed by atoms with Gasteiger partial charge in [-0.1, -0.05) is 43.2 Å². The van der Waals surface area contributed by atoms with Crippen molar-refractivity contribution in [3.8, 4) is 11.5 Å². The van der Waals surface area contributed by atoms with Gasteiger partial charge in [0, 0.05) is 12.1 Å². The van der Waals surface area contributed by atoms with Crippen LogP contribution in [-0.4, -0.2) is 25.5 Å². The number of hydrogen-bond acceptors (Lipinski definition) is 7. The summed E-state index contributed by atoms with van der Waals surface area (Å²) in [5.74, 6) is -1.33. The summed E-state index contributed by atoms with van der Waals surface area (Å²) in [5, 5.41) is 10.8. The summed E-state index contributed by atoms with van der Waals surface area (Å²) in [6, 6.07) is 12.7. The second-order valence-electron chi connectivity index (χ2n) is 8.40. The number of carbonyl (C=O) groups is 1. The lowest BCUT2D eigenvalue weighted by Gasteiger charge is -2.17. The van der Waals surface area contributed by atoms with E-state index >= 15 is 0 Å². The predicted octanol–water partition coefficient (Wildman–Crippen LogP) is 4.32. The minimum atomic E-state index is -3.97. The van der Waals surface area contributed by atoms with Crippen LogP contribution in [0.4, 0.5) is 0 Å². The molecule has 4 aromatic rings. The van der Waals surface area contributed by atoms with Gasteiger partial charge in [0.15, 0.2) is 0 Å². The fourth-order valence-corrected chi connectivity index (χ4v) is 5.05. The molecule has 0 fully saturated rings. The van der Waals surface area contributed by atoms with Gasteiger partial charge < -0.3 is 14.3 Å². The molecule has 1 aromatic heterocycles. The van der Waals surface area contributed by atoms with E-state index in [0.717, 1.165) is 17.2 Å². The number of hydrogen-bond donors (Lipinski definition) is 2. The Kier molecular flexibility index (Phi) is 6.64. The Morgan fingerprint density at radius 1 is 1.11 bits per heavy atom. The first kappa shape index (κ1) is 24.4. The minimum absolute atomic E-state index is 0.0318. The quantitative estimate of drug-likeness (QED) is 0.222. The van der Waals surface area contributed by atoms with Crippen molar-refractivity contribution in [1.82, 2.24) is 4.72 Å². The SMILES string of the molecule is CCC[C@@H](NS(=O)(=O)c1ccc(C)cc1)C(=O)Oc1cc(O)c2c(=O)c3cccc(C)c3oc2c1. The maximum atomic E-state index is 12.9. The highest BCUT2D eigenvalue weighted by atomic mass is 32.2. The van der Waals surface area contributed by atoms with Gasteiger partial charge in [-0.05, 0) is 44.0 Å². The lowest BCUT2D eigenvalue weighted by Crippen LogP contribution is -2.42. The van der Waals surface area contributed by atoms with Crippen molar-refractivity contribution in [2.75, 3.05) is 0 Å². The zero-order chi connectivity index (χ0) is 25.3. The van der Waals surface area contributed by atoms with Crippen LogP contribution >= 0.6 is 0 Å². The number of nitrogens with one attached hydrogen (secondary N) is 1. The average molecular weight is 496 g/mol. The zero-order valence-corrected chi connectivity index (χ0v) is 20.3. The van der Waals surface area contributed by atoms with Crippen LogP contribution in [0.5, 0.6) is 11.5 Å². The molecule has 0 spiro atoms. The zero-order valence-electron chi connectivity index (χ0n) is 19.5. The van der Waals surface area contributed by atoms with Gasteiger partial charge >= 0.3 is 5.97 Å².